The fraction of sp³-hybridized carbons (Fsp3) is 0.562. The van der Waals surface area contributed by atoms with Crippen LogP contribution in [-0.4, -0.2) is 39.0 Å². The van der Waals surface area contributed by atoms with Gasteiger partial charge < -0.3 is 4.90 Å². The molecule has 0 spiro atoms. The van der Waals surface area contributed by atoms with Crippen molar-refractivity contribution in [3.05, 3.63) is 29.8 Å². The predicted molar refractivity (Wildman–Crippen MR) is 85.8 cm³/mol. The van der Waals surface area contributed by atoms with Crippen molar-refractivity contribution < 1.29 is 8.42 Å². The summed E-state index contributed by atoms with van der Waals surface area (Å²) in [6.07, 6.45) is 4.07. The van der Waals surface area contributed by atoms with Crippen molar-refractivity contribution in [2.45, 2.75) is 43.5 Å². The molecule has 1 saturated heterocycles. The van der Waals surface area contributed by atoms with Crippen molar-refractivity contribution in [1.82, 2.24) is 9.62 Å². The maximum Gasteiger partial charge on any atom is 0.240 e. The second-order valence-corrected chi connectivity index (χ2v) is 7.44. The molecule has 0 amide bonds. The highest BCUT2D eigenvalue weighted by molar-refractivity contribution is 7.89. The Morgan fingerprint density at radius 3 is 2.45 bits per heavy atom. The van der Waals surface area contributed by atoms with Crippen LogP contribution in [0.2, 0.25) is 0 Å². The summed E-state index contributed by atoms with van der Waals surface area (Å²) in [6.45, 7) is 5.17. The van der Waals surface area contributed by atoms with E-state index in [0.29, 0.717) is 5.56 Å². The van der Waals surface area contributed by atoms with Crippen molar-refractivity contribution in [1.29, 1.82) is 5.26 Å². The third-order valence-corrected chi connectivity index (χ3v) is 5.57. The first kappa shape index (κ1) is 16.9. The molecule has 0 bridgehead atoms. The van der Waals surface area contributed by atoms with Gasteiger partial charge in [-0.15, -0.1) is 0 Å². The van der Waals surface area contributed by atoms with E-state index in [9.17, 15) is 8.42 Å². The molecule has 5 nitrogen and oxygen atoms in total. The molecule has 0 unspecified atom stereocenters. The van der Waals surface area contributed by atoms with Gasteiger partial charge in [0.15, 0.2) is 0 Å². The van der Waals surface area contributed by atoms with Crippen LogP contribution in [0.3, 0.4) is 0 Å². The molecule has 0 aliphatic carbocycles. The number of rotatable bonds is 6. The zero-order chi connectivity index (χ0) is 16.0. The molecule has 1 fully saturated rings. The standard InChI is InChI=1S/C16H23N3O2S/c1-2-3-10-19-11-8-15(9-12-19)18-22(20,21)16-6-4-14(13-17)5-7-16/h4-7,15,18H,2-3,8-12H2,1H3. The summed E-state index contributed by atoms with van der Waals surface area (Å²) < 4.78 is 27.5. The molecule has 22 heavy (non-hydrogen) atoms. The van der Waals surface area contributed by atoms with Crippen LogP contribution in [0.1, 0.15) is 38.2 Å². The number of likely N-dealkylation sites (tertiary alicyclic amines) is 1. The van der Waals surface area contributed by atoms with Crippen LogP contribution < -0.4 is 4.72 Å². The first-order valence-corrected chi connectivity index (χ1v) is 9.28. The van der Waals surface area contributed by atoms with Gasteiger partial charge in [0.25, 0.3) is 0 Å². The molecule has 0 aromatic heterocycles. The number of unbranched alkanes of at least 4 members (excludes halogenated alkanes) is 1. The van der Waals surface area contributed by atoms with Crippen LogP contribution in [0.5, 0.6) is 0 Å². The second-order valence-electron chi connectivity index (χ2n) is 5.73. The lowest BCUT2D eigenvalue weighted by atomic mass is 10.1. The topological polar surface area (TPSA) is 73.2 Å². The van der Waals surface area contributed by atoms with Crippen molar-refractivity contribution in [2.24, 2.45) is 0 Å². The zero-order valence-electron chi connectivity index (χ0n) is 13.0. The molecule has 6 heteroatoms. The van der Waals surface area contributed by atoms with Gasteiger partial charge in [-0.05, 0) is 63.2 Å². The first-order chi connectivity index (χ1) is 10.5. The number of hydrogen-bond acceptors (Lipinski definition) is 4. The highest BCUT2D eigenvalue weighted by atomic mass is 32.2. The first-order valence-electron chi connectivity index (χ1n) is 7.80. The molecule has 0 radical (unpaired) electrons. The second kappa shape index (κ2) is 7.73. The lowest BCUT2D eigenvalue weighted by Crippen LogP contribution is -2.44. The van der Waals surface area contributed by atoms with Crippen LogP contribution in [0.4, 0.5) is 0 Å². The Bertz CT molecular complexity index is 612. The van der Waals surface area contributed by atoms with E-state index in [1.165, 1.54) is 37.1 Å². The lowest BCUT2D eigenvalue weighted by molar-refractivity contribution is 0.205. The van der Waals surface area contributed by atoms with E-state index in [0.717, 1.165) is 32.5 Å². The van der Waals surface area contributed by atoms with Gasteiger partial charge in [0.1, 0.15) is 0 Å². The summed E-state index contributed by atoms with van der Waals surface area (Å²) in [6, 6.07) is 8.01. The Labute approximate surface area is 133 Å². The van der Waals surface area contributed by atoms with Gasteiger partial charge in [0, 0.05) is 6.04 Å². The van der Waals surface area contributed by atoms with Crippen molar-refractivity contribution in [2.75, 3.05) is 19.6 Å². The van der Waals surface area contributed by atoms with Gasteiger partial charge in [0.2, 0.25) is 10.0 Å². The Morgan fingerprint density at radius 1 is 1.27 bits per heavy atom. The molecule has 0 atom stereocenters. The van der Waals surface area contributed by atoms with Gasteiger partial charge in [0.05, 0.1) is 16.5 Å². The van der Waals surface area contributed by atoms with Crippen LogP contribution >= 0.6 is 0 Å². The minimum absolute atomic E-state index is 0.00137. The molecule has 1 aliphatic heterocycles. The van der Waals surface area contributed by atoms with Crippen molar-refractivity contribution >= 4 is 10.0 Å². The van der Waals surface area contributed by atoms with E-state index in [2.05, 4.69) is 16.5 Å². The Morgan fingerprint density at radius 2 is 1.91 bits per heavy atom. The average Bonchev–Trinajstić information content (AvgIpc) is 2.54. The average molecular weight is 321 g/mol. The van der Waals surface area contributed by atoms with Gasteiger partial charge in [-0.3, -0.25) is 0 Å². The van der Waals surface area contributed by atoms with Gasteiger partial charge in [-0.25, -0.2) is 13.1 Å². The molecule has 1 aromatic carbocycles. The summed E-state index contributed by atoms with van der Waals surface area (Å²) >= 11 is 0. The van der Waals surface area contributed by atoms with Crippen molar-refractivity contribution in [3.8, 4) is 6.07 Å². The lowest BCUT2D eigenvalue weighted by Gasteiger charge is -2.32. The minimum Gasteiger partial charge on any atom is -0.303 e. The summed E-state index contributed by atoms with van der Waals surface area (Å²) in [5, 5.41) is 8.76. The number of piperidine rings is 1. The van der Waals surface area contributed by atoms with Crippen LogP contribution in [-0.2, 0) is 10.0 Å². The number of sulfonamides is 1. The molecule has 2 rings (SSSR count). The number of nitriles is 1. The largest absolute Gasteiger partial charge is 0.303 e. The molecule has 120 valence electrons. The summed E-state index contributed by atoms with van der Waals surface area (Å²) in [5.74, 6) is 0. The summed E-state index contributed by atoms with van der Waals surface area (Å²) in [4.78, 5) is 2.62. The monoisotopic (exact) mass is 321 g/mol. The Balaban J connectivity index is 1.91. The van der Waals surface area contributed by atoms with Gasteiger partial charge in [-0.1, -0.05) is 13.3 Å². The van der Waals surface area contributed by atoms with E-state index < -0.39 is 10.0 Å². The number of hydrogen-bond donors (Lipinski definition) is 1. The van der Waals surface area contributed by atoms with Crippen LogP contribution in [0, 0.1) is 11.3 Å². The maximum absolute atomic E-state index is 12.3. The fourth-order valence-corrected chi connectivity index (χ4v) is 3.96. The predicted octanol–water partition coefficient (Wildman–Crippen LogP) is 2.10. The molecule has 1 heterocycles. The molecular formula is C16H23N3O2S. The van der Waals surface area contributed by atoms with E-state index in [-0.39, 0.29) is 10.9 Å². The highest BCUT2D eigenvalue weighted by Gasteiger charge is 2.24. The fourth-order valence-electron chi connectivity index (χ4n) is 2.65. The highest BCUT2D eigenvalue weighted by Crippen LogP contribution is 2.16. The molecular weight excluding hydrogens is 298 g/mol. The summed E-state index contributed by atoms with van der Waals surface area (Å²) in [5.41, 5.74) is 0.461. The maximum atomic E-state index is 12.3. The quantitative estimate of drug-likeness (QED) is 0.871. The van der Waals surface area contributed by atoms with Gasteiger partial charge >= 0.3 is 0 Å². The Hall–Kier alpha value is -1.42. The van der Waals surface area contributed by atoms with Gasteiger partial charge in [-0.2, -0.15) is 5.26 Å². The third kappa shape index (κ3) is 4.54. The van der Waals surface area contributed by atoms with Crippen LogP contribution in [0.15, 0.2) is 29.2 Å². The van der Waals surface area contributed by atoms with E-state index in [1.807, 2.05) is 6.07 Å². The van der Waals surface area contributed by atoms with E-state index >= 15 is 0 Å². The Kier molecular flexibility index (Phi) is 5.95. The molecule has 1 aliphatic rings. The summed E-state index contributed by atoms with van der Waals surface area (Å²) in [7, 11) is -3.50. The van der Waals surface area contributed by atoms with Crippen LogP contribution in [0.25, 0.3) is 0 Å². The van der Waals surface area contributed by atoms with Crippen molar-refractivity contribution in [3.63, 3.8) is 0 Å². The third-order valence-electron chi connectivity index (χ3n) is 4.03. The SMILES string of the molecule is CCCCN1CCC(NS(=O)(=O)c2ccc(C#N)cc2)CC1. The number of nitrogens with one attached hydrogen (secondary N) is 1. The molecule has 0 saturated carbocycles. The number of nitrogens with zero attached hydrogens (tertiary/aromatic N) is 2. The molecule has 1 N–H and O–H groups in total. The van der Waals surface area contributed by atoms with E-state index in [4.69, 9.17) is 5.26 Å². The minimum atomic E-state index is -3.50. The van der Waals surface area contributed by atoms with E-state index in [1.54, 1.807) is 0 Å². The normalized spacial score (nSPS) is 17.3. The molecule has 1 aromatic rings. The smallest absolute Gasteiger partial charge is 0.240 e. The zero-order valence-corrected chi connectivity index (χ0v) is 13.8. The number of benzene rings is 1.